The van der Waals surface area contributed by atoms with Crippen LogP contribution in [0, 0.1) is 0 Å². The van der Waals surface area contributed by atoms with Crippen molar-refractivity contribution in [3.63, 3.8) is 0 Å². The summed E-state index contributed by atoms with van der Waals surface area (Å²) in [4.78, 5) is 20.7. The Bertz CT molecular complexity index is 906. The van der Waals surface area contributed by atoms with Crippen molar-refractivity contribution in [3.05, 3.63) is 64.7 Å². The highest BCUT2D eigenvalue weighted by Crippen LogP contribution is 2.46. The van der Waals surface area contributed by atoms with Crippen LogP contribution in [0.5, 0.6) is 0 Å². The summed E-state index contributed by atoms with van der Waals surface area (Å²) < 4.78 is 6.20. The summed E-state index contributed by atoms with van der Waals surface area (Å²) in [5, 5.41) is 7.02. The number of nitrogens with one attached hydrogen (secondary N) is 1. The number of carbonyl (C=O) groups is 1. The number of rotatable bonds is 5. The van der Waals surface area contributed by atoms with Crippen LogP contribution in [0.4, 0.5) is 0 Å². The van der Waals surface area contributed by atoms with Crippen molar-refractivity contribution in [1.82, 2.24) is 20.4 Å². The van der Waals surface area contributed by atoms with E-state index in [-0.39, 0.29) is 17.9 Å². The first kappa shape index (κ1) is 16.0. The quantitative estimate of drug-likeness (QED) is 0.713. The molecule has 4 rings (SSSR count). The van der Waals surface area contributed by atoms with Crippen LogP contribution in [-0.2, 0) is 16.8 Å². The average Bonchev–Trinajstić information content (AvgIpc) is 3.25. The Kier molecular flexibility index (Phi) is 4.09. The molecule has 0 bridgehead atoms. The number of aromatic nitrogens is 3. The molecule has 1 fully saturated rings. The van der Waals surface area contributed by atoms with Crippen LogP contribution in [0.25, 0.3) is 11.4 Å². The second kappa shape index (κ2) is 6.40. The third-order valence-corrected chi connectivity index (χ3v) is 4.70. The Morgan fingerprint density at radius 2 is 2.16 bits per heavy atom. The van der Waals surface area contributed by atoms with E-state index in [4.69, 9.17) is 4.52 Å². The summed E-state index contributed by atoms with van der Waals surface area (Å²) in [5.41, 5.74) is 1.59. The number of nitrogens with zero attached hydrogens (tertiary/aromatic N) is 3. The van der Waals surface area contributed by atoms with Crippen molar-refractivity contribution >= 4 is 21.8 Å². The molecule has 0 radical (unpaired) electrons. The van der Waals surface area contributed by atoms with E-state index >= 15 is 0 Å². The van der Waals surface area contributed by atoms with Gasteiger partial charge in [0, 0.05) is 22.4 Å². The summed E-state index contributed by atoms with van der Waals surface area (Å²) in [6, 6.07) is 11.7. The normalized spacial score (nSPS) is 14.9. The van der Waals surface area contributed by atoms with E-state index in [9.17, 15) is 4.79 Å². The lowest BCUT2D eigenvalue weighted by atomic mass is 10.0. The molecule has 0 unspecified atom stereocenters. The van der Waals surface area contributed by atoms with Gasteiger partial charge in [0.1, 0.15) is 6.42 Å². The fourth-order valence-electron chi connectivity index (χ4n) is 2.78. The van der Waals surface area contributed by atoms with Gasteiger partial charge in [-0.25, -0.2) is 0 Å². The highest BCUT2D eigenvalue weighted by molar-refractivity contribution is 9.10. The van der Waals surface area contributed by atoms with Crippen LogP contribution in [0.2, 0.25) is 0 Å². The van der Waals surface area contributed by atoms with E-state index in [1.165, 1.54) is 0 Å². The molecule has 1 amide bonds. The maximum atomic E-state index is 12.4. The Morgan fingerprint density at radius 1 is 1.28 bits per heavy atom. The van der Waals surface area contributed by atoms with Crippen molar-refractivity contribution in [3.8, 4) is 11.4 Å². The molecule has 1 aliphatic rings. The molecule has 0 aliphatic heterocycles. The fourth-order valence-corrected chi connectivity index (χ4v) is 3.18. The van der Waals surface area contributed by atoms with Crippen LogP contribution >= 0.6 is 15.9 Å². The highest BCUT2D eigenvalue weighted by atomic mass is 79.9. The lowest BCUT2D eigenvalue weighted by Crippen LogP contribution is -2.35. The Balaban J connectivity index is 1.44. The summed E-state index contributed by atoms with van der Waals surface area (Å²) >= 11 is 3.48. The molecule has 1 N–H and O–H groups in total. The van der Waals surface area contributed by atoms with Crippen molar-refractivity contribution in [1.29, 1.82) is 0 Å². The Morgan fingerprint density at radius 3 is 2.88 bits per heavy atom. The van der Waals surface area contributed by atoms with Crippen molar-refractivity contribution < 1.29 is 9.32 Å². The summed E-state index contributed by atoms with van der Waals surface area (Å²) in [5.74, 6) is 0.601. The van der Waals surface area contributed by atoms with Gasteiger partial charge >= 0.3 is 0 Å². The second-order valence-electron chi connectivity index (χ2n) is 6.07. The van der Waals surface area contributed by atoms with Gasteiger partial charge in [0.05, 0.1) is 5.54 Å². The van der Waals surface area contributed by atoms with E-state index in [2.05, 4.69) is 36.4 Å². The topological polar surface area (TPSA) is 80.9 Å². The van der Waals surface area contributed by atoms with Crippen LogP contribution in [0.3, 0.4) is 0 Å². The number of pyridine rings is 1. The van der Waals surface area contributed by atoms with Gasteiger partial charge in [0.2, 0.25) is 17.6 Å². The number of carbonyl (C=O) groups excluding carboxylic acids is 1. The number of hydrogen-bond acceptors (Lipinski definition) is 5. The third kappa shape index (κ3) is 3.46. The molecule has 1 aromatic carbocycles. The van der Waals surface area contributed by atoms with Gasteiger partial charge in [-0.05, 0) is 42.7 Å². The molecule has 0 spiro atoms. The molecule has 6 nitrogen and oxygen atoms in total. The first-order chi connectivity index (χ1) is 12.1. The largest absolute Gasteiger partial charge is 0.346 e. The first-order valence-electron chi connectivity index (χ1n) is 7.95. The predicted molar refractivity (Wildman–Crippen MR) is 94.4 cm³/mol. The molecule has 7 heteroatoms. The molecule has 2 heterocycles. The zero-order chi connectivity index (χ0) is 17.3. The minimum atomic E-state index is -0.271. The van der Waals surface area contributed by atoms with Gasteiger partial charge in [-0.1, -0.05) is 33.2 Å². The lowest BCUT2D eigenvalue weighted by Gasteiger charge is -2.17. The lowest BCUT2D eigenvalue weighted by molar-refractivity contribution is -0.121. The molecule has 0 atom stereocenters. The van der Waals surface area contributed by atoms with E-state index in [0.717, 1.165) is 28.4 Å². The van der Waals surface area contributed by atoms with E-state index in [1.807, 2.05) is 30.3 Å². The minimum absolute atomic E-state index is 0.0585. The van der Waals surface area contributed by atoms with Gasteiger partial charge in [0.15, 0.2) is 0 Å². The SMILES string of the molecule is O=C(Cc1nc(-c2cccnc2)no1)NC1(c2cccc(Br)c2)CC1. The summed E-state index contributed by atoms with van der Waals surface area (Å²) in [6.07, 6.45) is 5.25. The zero-order valence-corrected chi connectivity index (χ0v) is 14.9. The fraction of sp³-hybridized carbons (Fsp3) is 0.222. The van der Waals surface area contributed by atoms with Crippen LogP contribution in [-0.4, -0.2) is 21.0 Å². The van der Waals surface area contributed by atoms with Crippen molar-refractivity contribution in [2.24, 2.45) is 0 Å². The third-order valence-electron chi connectivity index (χ3n) is 4.21. The van der Waals surface area contributed by atoms with Crippen molar-refractivity contribution in [2.75, 3.05) is 0 Å². The van der Waals surface area contributed by atoms with Crippen LogP contribution in [0.15, 0.2) is 57.8 Å². The first-order valence-corrected chi connectivity index (χ1v) is 8.74. The molecule has 1 saturated carbocycles. The average molecular weight is 399 g/mol. The van der Waals surface area contributed by atoms with Gasteiger partial charge in [-0.2, -0.15) is 4.98 Å². The molecule has 0 saturated heterocycles. The molecule has 1 aliphatic carbocycles. The van der Waals surface area contributed by atoms with E-state index in [1.54, 1.807) is 18.5 Å². The van der Waals surface area contributed by atoms with Crippen molar-refractivity contribution in [2.45, 2.75) is 24.8 Å². The smallest absolute Gasteiger partial charge is 0.236 e. The Labute approximate surface area is 152 Å². The standard InChI is InChI=1S/C18H15BrN4O2/c19-14-5-1-4-13(9-14)18(6-7-18)22-15(24)10-16-21-17(23-25-16)12-3-2-8-20-11-12/h1-5,8-9,11H,6-7,10H2,(H,22,24). The number of halogens is 1. The monoisotopic (exact) mass is 398 g/mol. The Hall–Kier alpha value is -2.54. The van der Waals surface area contributed by atoms with Crippen LogP contribution in [0.1, 0.15) is 24.3 Å². The highest BCUT2D eigenvalue weighted by Gasteiger charge is 2.45. The van der Waals surface area contributed by atoms with Gasteiger partial charge in [0.25, 0.3) is 0 Å². The van der Waals surface area contributed by atoms with Crippen LogP contribution < -0.4 is 5.32 Å². The predicted octanol–water partition coefficient (Wildman–Crippen LogP) is 3.24. The number of benzene rings is 1. The van der Waals surface area contributed by atoms with E-state index < -0.39 is 0 Å². The number of hydrogen-bond donors (Lipinski definition) is 1. The summed E-state index contributed by atoms with van der Waals surface area (Å²) in [7, 11) is 0. The number of amides is 1. The maximum Gasteiger partial charge on any atom is 0.236 e. The maximum absolute atomic E-state index is 12.4. The van der Waals surface area contributed by atoms with Gasteiger partial charge in [-0.15, -0.1) is 0 Å². The second-order valence-corrected chi connectivity index (χ2v) is 6.99. The summed E-state index contributed by atoms with van der Waals surface area (Å²) in [6.45, 7) is 0. The van der Waals surface area contributed by atoms with Gasteiger partial charge in [-0.3, -0.25) is 9.78 Å². The molecule has 2 aromatic heterocycles. The molecule has 3 aromatic rings. The zero-order valence-electron chi connectivity index (χ0n) is 13.3. The molecule has 126 valence electrons. The molecular formula is C18H15BrN4O2. The molecule has 25 heavy (non-hydrogen) atoms. The molecular weight excluding hydrogens is 384 g/mol. The minimum Gasteiger partial charge on any atom is -0.346 e. The van der Waals surface area contributed by atoms with Gasteiger partial charge < -0.3 is 9.84 Å². The van der Waals surface area contributed by atoms with E-state index in [0.29, 0.717) is 11.7 Å².